The average Bonchev–Trinajstić information content (AvgIpc) is 2.34. The Balaban J connectivity index is 2.36. The molecule has 3 nitrogen and oxygen atoms in total. The Morgan fingerprint density at radius 2 is 2.70 bits per heavy atom. The predicted octanol–water partition coefficient (Wildman–Crippen LogP) is 0.970. The molecule has 4 heteroatoms. The van der Waals surface area contributed by atoms with E-state index in [1.54, 1.807) is 0 Å². The number of ether oxygens (including phenoxy) is 1. The largest absolute Gasteiger partial charge is 0.444 e. The fourth-order valence-electron chi connectivity index (χ4n) is 0.821. The minimum absolute atomic E-state index is 0.0370. The summed E-state index contributed by atoms with van der Waals surface area (Å²) in [6.07, 6.45) is -0.369. The van der Waals surface area contributed by atoms with Crippen LogP contribution in [0.2, 0.25) is 0 Å². The second-order valence-corrected chi connectivity index (χ2v) is 2.76. The van der Waals surface area contributed by atoms with Gasteiger partial charge in [0.1, 0.15) is 6.10 Å². The highest BCUT2D eigenvalue weighted by Gasteiger charge is 2.26. The maximum Gasteiger partial charge on any atom is 0.407 e. The van der Waals surface area contributed by atoms with Gasteiger partial charge in [0.2, 0.25) is 0 Å². The minimum atomic E-state index is -0.332. The number of carbonyl (C=O) groups excluding carboxylic acids is 1. The maximum absolute atomic E-state index is 10.5. The van der Waals surface area contributed by atoms with Crippen LogP contribution in [0.4, 0.5) is 4.79 Å². The zero-order valence-corrected chi connectivity index (χ0v) is 6.52. The van der Waals surface area contributed by atoms with Crippen molar-refractivity contribution in [3.63, 3.8) is 0 Å². The molecule has 0 aromatic rings. The number of alkyl carbamates (subject to hydrolysis) is 1. The topological polar surface area (TPSA) is 38.3 Å². The predicted molar refractivity (Wildman–Crippen MR) is 38.2 cm³/mol. The van der Waals surface area contributed by atoms with Crippen molar-refractivity contribution in [2.24, 2.45) is 5.92 Å². The van der Waals surface area contributed by atoms with Crippen molar-refractivity contribution in [1.82, 2.24) is 5.32 Å². The zero-order chi connectivity index (χ0) is 7.56. The van der Waals surface area contributed by atoms with E-state index in [9.17, 15) is 4.79 Å². The Labute approximate surface area is 64.7 Å². The highest BCUT2D eigenvalue weighted by molar-refractivity contribution is 6.18. The fourth-order valence-corrected chi connectivity index (χ4v) is 1.02. The minimum Gasteiger partial charge on any atom is -0.444 e. The van der Waals surface area contributed by atoms with Gasteiger partial charge in [-0.15, -0.1) is 11.6 Å². The van der Waals surface area contributed by atoms with Gasteiger partial charge in [-0.2, -0.15) is 0 Å². The fraction of sp³-hybridized carbons (Fsp3) is 0.833. The number of alkyl halides is 1. The Morgan fingerprint density at radius 3 is 3.10 bits per heavy atom. The van der Waals surface area contributed by atoms with Crippen LogP contribution in [0.15, 0.2) is 0 Å². The summed E-state index contributed by atoms with van der Waals surface area (Å²) in [6.45, 7) is 2.55. The average molecular weight is 164 g/mol. The first-order valence-electron chi connectivity index (χ1n) is 3.24. The van der Waals surface area contributed by atoms with E-state index >= 15 is 0 Å². The summed E-state index contributed by atoms with van der Waals surface area (Å²) in [7, 11) is 0. The molecule has 0 saturated carbocycles. The lowest BCUT2D eigenvalue weighted by Gasteiger charge is -2.12. The summed E-state index contributed by atoms with van der Waals surface area (Å²) in [5, 5.41) is 2.57. The molecule has 1 amide bonds. The smallest absolute Gasteiger partial charge is 0.407 e. The summed E-state index contributed by atoms with van der Waals surface area (Å²) in [5.41, 5.74) is 0. The molecule has 1 aliphatic heterocycles. The van der Waals surface area contributed by atoms with Gasteiger partial charge in [-0.25, -0.2) is 4.79 Å². The standard InChI is InChI=1S/C6H10ClNO2/c1-4(2-7)5-3-8-6(9)10-5/h4-5H,2-3H2,1H3,(H,8,9). The highest BCUT2D eigenvalue weighted by Crippen LogP contribution is 2.12. The third-order valence-corrected chi connectivity index (χ3v) is 2.07. The van der Waals surface area contributed by atoms with Gasteiger partial charge in [0.25, 0.3) is 0 Å². The zero-order valence-electron chi connectivity index (χ0n) is 5.76. The number of halogens is 1. The quantitative estimate of drug-likeness (QED) is 0.616. The third kappa shape index (κ3) is 1.53. The van der Waals surface area contributed by atoms with E-state index in [4.69, 9.17) is 16.3 Å². The van der Waals surface area contributed by atoms with E-state index in [-0.39, 0.29) is 18.1 Å². The Kier molecular flexibility index (Phi) is 2.38. The van der Waals surface area contributed by atoms with Gasteiger partial charge < -0.3 is 10.1 Å². The van der Waals surface area contributed by atoms with Gasteiger partial charge in [-0.05, 0) is 0 Å². The van der Waals surface area contributed by atoms with Crippen molar-refractivity contribution in [1.29, 1.82) is 0 Å². The molecule has 0 aromatic carbocycles. The molecule has 1 heterocycles. The lowest BCUT2D eigenvalue weighted by molar-refractivity contribution is 0.116. The normalized spacial score (nSPS) is 27.4. The molecule has 2 unspecified atom stereocenters. The van der Waals surface area contributed by atoms with Crippen molar-refractivity contribution < 1.29 is 9.53 Å². The second-order valence-electron chi connectivity index (χ2n) is 2.46. The van der Waals surface area contributed by atoms with Crippen LogP contribution in [0.25, 0.3) is 0 Å². The van der Waals surface area contributed by atoms with Gasteiger partial charge in [0.05, 0.1) is 6.54 Å². The van der Waals surface area contributed by atoms with Crippen molar-refractivity contribution >= 4 is 17.7 Å². The second kappa shape index (κ2) is 3.10. The lowest BCUT2D eigenvalue weighted by Crippen LogP contribution is -2.23. The molecule has 1 fully saturated rings. The van der Waals surface area contributed by atoms with Gasteiger partial charge >= 0.3 is 6.09 Å². The summed E-state index contributed by atoms with van der Waals surface area (Å²) in [6, 6.07) is 0. The van der Waals surface area contributed by atoms with E-state index < -0.39 is 0 Å². The summed E-state index contributed by atoms with van der Waals surface area (Å²) in [5.74, 6) is 0.764. The molecule has 58 valence electrons. The molecule has 1 saturated heterocycles. The van der Waals surface area contributed by atoms with Gasteiger partial charge in [0, 0.05) is 11.8 Å². The van der Waals surface area contributed by atoms with Crippen LogP contribution >= 0.6 is 11.6 Å². The van der Waals surface area contributed by atoms with E-state index in [2.05, 4.69) is 5.32 Å². The van der Waals surface area contributed by atoms with E-state index in [0.29, 0.717) is 12.4 Å². The molecule has 0 aliphatic carbocycles. The highest BCUT2D eigenvalue weighted by atomic mass is 35.5. The van der Waals surface area contributed by atoms with Crippen LogP contribution in [-0.2, 0) is 4.74 Å². The first-order valence-corrected chi connectivity index (χ1v) is 3.78. The van der Waals surface area contributed by atoms with Crippen LogP contribution in [-0.4, -0.2) is 24.6 Å². The number of nitrogens with one attached hydrogen (secondary N) is 1. The first kappa shape index (κ1) is 7.66. The molecule has 2 atom stereocenters. The maximum atomic E-state index is 10.5. The monoisotopic (exact) mass is 163 g/mol. The van der Waals surface area contributed by atoms with Crippen molar-refractivity contribution in [2.75, 3.05) is 12.4 Å². The van der Waals surface area contributed by atoms with Crippen LogP contribution < -0.4 is 5.32 Å². The van der Waals surface area contributed by atoms with Gasteiger partial charge in [0.15, 0.2) is 0 Å². The number of hydrogen-bond donors (Lipinski definition) is 1. The Bertz CT molecular complexity index is 140. The molecule has 10 heavy (non-hydrogen) atoms. The van der Waals surface area contributed by atoms with E-state index in [0.717, 1.165) is 0 Å². The molecule has 0 radical (unpaired) electrons. The van der Waals surface area contributed by atoms with Crippen molar-refractivity contribution in [2.45, 2.75) is 13.0 Å². The summed E-state index contributed by atoms with van der Waals surface area (Å²) in [4.78, 5) is 10.5. The summed E-state index contributed by atoms with van der Waals surface area (Å²) < 4.78 is 4.88. The van der Waals surface area contributed by atoms with Crippen LogP contribution in [0.5, 0.6) is 0 Å². The number of rotatable bonds is 2. The molecule has 1 rings (SSSR count). The summed E-state index contributed by atoms with van der Waals surface area (Å²) >= 11 is 5.56. The SMILES string of the molecule is CC(CCl)C1CNC(=O)O1. The van der Waals surface area contributed by atoms with Crippen LogP contribution in [0.3, 0.4) is 0 Å². The molecular formula is C6H10ClNO2. The van der Waals surface area contributed by atoms with Crippen LogP contribution in [0, 0.1) is 5.92 Å². The molecule has 1 aliphatic rings. The van der Waals surface area contributed by atoms with Crippen molar-refractivity contribution in [3.05, 3.63) is 0 Å². The van der Waals surface area contributed by atoms with E-state index in [1.807, 2.05) is 6.92 Å². The number of hydrogen-bond acceptors (Lipinski definition) is 2. The number of cyclic esters (lactones) is 1. The molecular weight excluding hydrogens is 154 g/mol. The molecule has 0 aromatic heterocycles. The Morgan fingerprint density at radius 1 is 2.00 bits per heavy atom. The van der Waals surface area contributed by atoms with Gasteiger partial charge in [-0.3, -0.25) is 0 Å². The lowest BCUT2D eigenvalue weighted by atomic mass is 10.1. The van der Waals surface area contributed by atoms with Crippen LogP contribution in [0.1, 0.15) is 6.92 Å². The van der Waals surface area contributed by atoms with E-state index in [1.165, 1.54) is 0 Å². The number of amides is 1. The Hall–Kier alpha value is -0.440. The number of carbonyl (C=O) groups is 1. The molecule has 0 spiro atoms. The molecule has 1 N–H and O–H groups in total. The third-order valence-electron chi connectivity index (χ3n) is 1.58. The first-order chi connectivity index (χ1) is 4.74. The van der Waals surface area contributed by atoms with Gasteiger partial charge in [-0.1, -0.05) is 6.92 Å². The van der Waals surface area contributed by atoms with Crippen molar-refractivity contribution in [3.8, 4) is 0 Å². The molecule has 0 bridgehead atoms.